The minimum Gasteiger partial charge on any atom is -0.409 e. The van der Waals surface area contributed by atoms with Crippen molar-refractivity contribution in [2.24, 2.45) is 0 Å². The Balaban J connectivity index is 0.000000845. The van der Waals surface area contributed by atoms with Crippen LogP contribution in [0.4, 0.5) is 0 Å². The summed E-state index contributed by atoms with van der Waals surface area (Å²) in [4.78, 5) is 0. The van der Waals surface area contributed by atoms with Crippen LogP contribution in [-0.4, -0.2) is 14.1 Å². The number of aromatic nitrogens is 2. The topological polar surface area (TPSA) is 17.8 Å². The van der Waals surface area contributed by atoms with Gasteiger partial charge in [-0.1, -0.05) is 18.2 Å². The van der Waals surface area contributed by atoms with Crippen LogP contribution in [0.3, 0.4) is 0 Å². The number of nitrogens with zero attached hydrogens (tertiary/aromatic N) is 2. The van der Waals surface area contributed by atoms with Crippen LogP contribution in [0.5, 0.6) is 0 Å². The second-order valence-corrected chi connectivity index (χ2v) is 3.41. The van der Waals surface area contributed by atoms with E-state index in [2.05, 4.69) is 5.10 Å². The van der Waals surface area contributed by atoms with Gasteiger partial charge in [0, 0.05) is 5.39 Å². The van der Waals surface area contributed by atoms with Crippen molar-refractivity contribution in [3.8, 4) is 0 Å². The quantitative estimate of drug-likeness (QED) is 0.320. The second kappa shape index (κ2) is 4.93. The van der Waals surface area contributed by atoms with Crippen LogP contribution in [0, 0.1) is 0 Å². The van der Waals surface area contributed by atoms with Gasteiger partial charge in [-0.2, -0.15) is 5.10 Å². The largest absolute Gasteiger partial charge is 1.00 e. The molecule has 0 atom stereocenters. The SMILES string of the molecule is S=C([S-])n1ncc2ccccc21.[K+]. The van der Waals surface area contributed by atoms with Gasteiger partial charge in [0.05, 0.1) is 11.7 Å². The van der Waals surface area contributed by atoms with Crippen LogP contribution < -0.4 is 51.4 Å². The van der Waals surface area contributed by atoms with E-state index in [0.29, 0.717) is 4.32 Å². The van der Waals surface area contributed by atoms with Gasteiger partial charge < -0.3 is 24.8 Å². The molecule has 2 nitrogen and oxygen atoms in total. The van der Waals surface area contributed by atoms with E-state index in [1.54, 1.807) is 10.9 Å². The molecule has 0 amide bonds. The molecule has 0 bridgehead atoms. The summed E-state index contributed by atoms with van der Waals surface area (Å²) in [5.41, 5.74) is 0.970. The summed E-state index contributed by atoms with van der Waals surface area (Å²) in [5.74, 6) is 0. The maximum atomic E-state index is 4.86. The van der Waals surface area contributed by atoms with Crippen LogP contribution in [0.25, 0.3) is 10.9 Å². The molecule has 0 N–H and O–H groups in total. The molecule has 0 radical (unpaired) electrons. The number of hydrogen-bond acceptors (Lipinski definition) is 3. The van der Waals surface area contributed by atoms with E-state index in [1.165, 1.54) is 0 Å². The predicted molar refractivity (Wildman–Crippen MR) is 55.1 cm³/mol. The summed E-state index contributed by atoms with van der Waals surface area (Å²) in [5, 5.41) is 5.13. The minimum atomic E-state index is 0. The molecule has 60 valence electrons. The van der Waals surface area contributed by atoms with Crippen molar-refractivity contribution in [1.82, 2.24) is 9.78 Å². The standard InChI is InChI=1S/C8H6N2S2.K/c11-8(12)10-7-4-2-1-3-6(7)5-9-10;/h1-5H,(H,11,12);/q;+1/p-1. The third-order valence-electron chi connectivity index (χ3n) is 1.65. The Morgan fingerprint density at radius 2 is 2.08 bits per heavy atom. The number of benzene rings is 1. The van der Waals surface area contributed by atoms with Gasteiger partial charge in [0.25, 0.3) is 0 Å². The molecule has 2 aromatic rings. The fourth-order valence-corrected chi connectivity index (χ4v) is 1.41. The van der Waals surface area contributed by atoms with Crippen LogP contribution in [0.2, 0.25) is 0 Å². The normalized spacial score (nSPS) is 9.54. The fourth-order valence-electron chi connectivity index (χ4n) is 1.12. The Kier molecular flexibility index (Phi) is 4.44. The molecule has 0 aliphatic rings. The van der Waals surface area contributed by atoms with E-state index in [9.17, 15) is 0 Å². The molecule has 0 saturated carbocycles. The molecular formula is C8H5KN2S2. The van der Waals surface area contributed by atoms with Crippen molar-refractivity contribution < 1.29 is 51.4 Å². The van der Waals surface area contributed by atoms with Gasteiger partial charge in [0.15, 0.2) is 0 Å². The Morgan fingerprint density at radius 1 is 1.38 bits per heavy atom. The Morgan fingerprint density at radius 3 is 2.77 bits per heavy atom. The van der Waals surface area contributed by atoms with E-state index >= 15 is 0 Å². The Bertz CT molecular complexity index is 438. The van der Waals surface area contributed by atoms with Gasteiger partial charge >= 0.3 is 51.4 Å². The maximum absolute atomic E-state index is 4.86. The summed E-state index contributed by atoms with van der Waals surface area (Å²) >= 11 is 9.72. The van der Waals surface area contributed by atoms with Crippen LogP contribution in [-0.2, 0) is 12.6 Å². The fraction of sp³-hybridized carbons (Fsp3) is 0. The van der Waals surface area contributed by atoms with Crippen molar-refractivity contribution >= 4 is 40.1 Å². The van der Waals surface area contributed by atoms with Crippen molar-refractivity contribution in [3.63, 3.8) is 0 Å². The monoisotopic (exact) mass is 232 g/mol. The van der Waals surface area contributed by atoms with Gasteiger partial charge in [-0.25, -0.2) is 0 Å². The smallest absolute Gasteiger partial charge is 0.409 e. The van der Waals surface area contributed by atoms with E-state index in [4.69, 9.17) is 24.8 Å². The molecule has 0 aliphatic heterocycles. The van der Waals surface area contributed by atoms with Crippen LogP contribution in [0.15, 0.2) is 30.5 Å². The minimum absolute atomic E-state index is 0. The van der Waals surface area contributed by atoms with Crippen molar-refractivity contribution in [1.29, 1.82) is 0 Å². The molecule has 5 heteroatoms. The molecule has 2 rings (SSSR count). The molecule has 0 saturated heterocycles. The first-order chi connectivity index (χ1) is 5.79. The number of rotatable bonds is 0. The van der Waals surface area contributed by atoms with Crippen molar-refractivity contribution in [2.75, 3.05) is 0 Å². The van der Waals surface area contributed by atoms with Gasteiger partial charge in [-0.3, -0.25) is 4.68 Å². The van der Waals surface area contributed by atoms with E-state index in [0.717, 1.165) is 10.9 Å². The zero-order valence-electron chi connectivity index (χ0n) is 7.10. The van der Waals surface area contributed by atoms with Crippen molar-refractivity contribution in [3.05, 3.63) is 30.5 Å². The summed E-state index contributed by atoms with van der Waals surface area (Å²) in [6.07, 6.45) is 1.76. The van der Waals surface area contributed by atoms with Crippen LogP contribution >= 0.6 is 12.2 Å². The molecule has 13 heavy (non-hydrogen) atoms. The third-order valence-corrected chi connectivity index (χ3v) is 2.00. The van der Waals surface area contributed by atoms with Gasteiger partial charge in [0.1, 0.15) is 0 Å². The average Bonchev–Trinajstić information content (AvgIpc) is 2.47. The number of thiocarbonyl (C=S) groups is 1. The molecule has 0 fully saturated rings. The predicted octanol–water partition coefficient (Wildman–Crippen LogP) is -1.28. The second-order valence-electron chi connectivity index (χ2n) is 2.38. The first kappa shape index (κ1) is 11.7. The van der Waals surface area contributed by atoms with E-state index in [-0.39, 0.29) is 51.4 Å². The average molecular weight is 232 g/mol. The molecule has 0 unspecified atom stereocenters. The molecule has 0 aliphatic carbocycles. The molecule has 1 heterocycles. The summed E-state index contributed by atoms with van der Waals surface area (Å²) in [6.45, 7) is 0. The van der Waals surface area contributed by atoms with Crippen molar-refractivity contribution in [2.45, 2.75) is 0 Å². The van der Waals surface area contributed by atoms with E-state index < -0.39 is 0 Å². The Hall–Kier alpha value is 0.636. The maximum Gasteiger partial charge on any atom is 1.00 e. The molecular weight excluding hydrogens is 227 g/mol. The van der Waals surface area contributed by atoms with Gasteiger partial charge in [-0.05, 0) is 10.4 Å². The van der Waals surface area contributed by atoms with Gasteiger partial charge in [0.2, 0.25) is 0 Å². The first-order valence-corrected chi connectivity index (χ1v) is 4.25. The summed E-state index contributed by atoms with van der Waals surface area (Å²) < 4.78 is 1.94. The molecule has 1 aromatic carbocycles. The molecule has 1 aromatic heterocycles. The zero-order valence-corrected chi connectivity index (χ0v) is 11.9. The zero-order chi connectivity index (χ0) is 8.55. The summed E-state index contributed by atoms with van der Waals surface area (Å²) in [6, 6.07) is 7.82. The summed E-state index contributed by atoms with van der Waals surface area (Å²) in [7, 11) is 0. The molecule has 0 spiro atoms. The Labute approximate surface area is 130 Å². The number of para-hydroxylation sites is 1. The van der Waals surface area contributed by atoms with E-state index in [1.807, 2.05) is 24.3 Å². The van der Waals surface area contributed by atoms with Gasteiger partial charge in [-0.15, -0.1) is 0 Å². The number of fused-ring (bicyclic) bond motifs is 1. The third kappa shape index (κ3) is 2.36. The first-order valence-electron chi connectivity index (χ1n) is 3.43. The van der Waals surface area contributed by atoms with Crippen LogP contribution in [0.1, 0.15) is 0 Å². The number of hydrogen-bond donors (Lipinski definition) is 0.